The summed E-state index contributed by atoms with van der Waals surface area (Å²) in [5.74, 6) is 2.00. The summed E-state index contributed by atoms with van der Waals surface area (Å²) >= 11 is 0. The molecule has 0 spiro atoms. The van der Waals surface area contributed by atoms with Gasteiger partial charge in [0, 0.05) is 5.92 Å². The van der Waals surface area contributed by atoms with Crippen molar-refractivity contribution in [2.24, 2.45) is 5.92 Å². The Labute approximate surface area is 135 Å². The first-order valence-electron chi connectivity index (χ1n) is 7.68. The highest BCUT2D eigenvalue weighted by molar-refractivity contribution is 5.81. The van der Waals surface area contributed by atoms with E-state index in [9.17, 15) is 4.79 Å². The van der Waals surface area contributed by atoms with E-state index in [0.717, 1.165) is 18.6 Å². The van der Waals surface area contributed by atoms with Crippen LogP contribution < -0.4 is 14.8 Å². The van der Waals surface area contributed by atoms with Gasteiger partial charge in [-0.15, -0.1) is 0 Å². The van der Waals surface area contributed by atoms with Crippen LogP contribution in [0.3, 0.4) is 0 Å². The molecule has 1 amide bonds. The molecule has 0 aromatic heterocycles. The first-order valence-corrected chi connectivity index (χ1v) is 7.68. The molecule has 4 heteroatoms. The fourth-order valence-corrected chi connectivity index (χ4v) is 2.12. The van der Waals surface area contributed by atoms with E-state index in [1.165, 1.54) is 0 Å². The molecule has 2 aromatic rings. The topological polar surface area (TPSA) is 47.6 Å². The molecule has 1 N–H and O–H groups in total. The Morgan fingerprint density at radius 3 is 2.39 bits per heavy atom. The van der Waals surface area contributed by atoms with Crippen LogP contribution in [0.1, 0.15) is 12.8 Å². The second-order valence-electron chi connectivity index (χ2n) is 5.42. The second-order valence-corrected chi connectivity index (χ2v) is 5.42. The molecule has 1 atom stereocenters. The first kappa shape index (κ1) is 15.2. The Morgan fingerprint density at radius 1 is 1.09 bits per heavy atom. The average molecular weight is 309 g/mol. The van der Waals surface area contributed by atoms with Crippen LogP contribution in [0.5, 0.6) is 17.2 Å². The number of amides is 1. The van der Waals surface area contributed by atoms with Gasteiger partial charge in [-0.2, -0.15) is 0 Å². The summed E-state index contributed by atoms with van der Waals surface area (Å²) in [6.45, 7) is 3.72. The summed E-state index contributed by atoms with van der Waals surface area (Å²) in [4.78, 5) is 11.9. The minimum absolute atomic E-state index is 0.0105. The molecule has 3 rings (SSSR count). The number of benzene rings is 2. The van der Waals surface area contributed by atoms with E-state index >= 15 is 0 Å². The molecular formula is C19H19NO3. The van der Waals surface area contributed by atoms with Crippen molar-refractivity contribution in [3.63, 3.8) is 0 Å². The smallest absolute Gasteiger partial charge is 0.226 e. The number of nitrogens with one attached hydrogen (secondary N) is 1. The van der Waals surface area contributed by atoms with Crippen molar-refractivity contribution in [3.8, 4) is 17.2 Å². The zero-order valence-electron chi connectivity index (χ0n) is 12.8. The van der Waals surface area contributed by atoms with Crippen molar-refractivity contribution in [2.45, 2.75) is 19.1 Å². The quantitative estimate of drug-likeness (QED) is 0.623. The minimum Gasteiger partial charge on any atom is -0.463 e. The van der Waals surface area contributed by atoms with E-state index in [1.807, 2.05) is 48.5 Å². The van der Waals surface area contributed by atoms with Gasteiger partial charge < -0.3 is 14.8 Å². The highest BCUT2D eigenvalue weighted by atomic mass is 16.5. The molecule has 1 fully saturated rings. The van der Waals surface area contributed by atoms with Crippen LogP contribution >= 0.6 is 0 Å². The monoisotopic (exact) mass is 309 g/mol. The highest BCUT2D eigenvalue weighted by Gasteiger charge is 2.30. The Hall–Kier alpha value is -2.75. The molecule has 0 aliphatic heterocycles. The maximum Gasteiger partial charge on any atom is 0.226 e. The van der Waals surface area contributed by atoms with E-state index in [1.54, 1.807) is 12.1 Å². The summed E-state index contributed by atoms with van der Waals surface area (Å²) in [7, 11) is 0. The standard InChI is InChI=1S/C19H19NO3/c1-2-18(20-19(21)14-12-13-14)23-17-11-7-6-10-16(17)22-15-8-4-3-5-9-15/h2-11,14,18H,1,12-13H2,(H,20,21). The fourth-order valence-electron chi connectivity index (χ4n) is 2.12. The van der Waals surface area contributed by atoms with Crippen molar-refractivity contribution in [1.29, 1.82) is 0 Å². The van der Waals surface area contributed by atoms with Crippen molar-refractivity contribution < 1.29 is 14.3 Å². The van der Waals surface area contributed by atoms with Gasteiger partial charge in [-0.1, -0.05) is 36.9 Å². The molecule has 1 saturated carbocycles. The van der Waals surface area contributed by atoms with Gasteiger partial charge in [0.1, 0.15) is 5.75 Å². The molecule has 0 heterocycles. The largest absolute Gasteiger partial charge is 0.463 e. The predicted molar refractivity (Wildman–Crippen MR) is 88.4 cm³/mol. The molecule has 4 nitrogen and oxygen atoms in total. The van der Waals surface area contributed by atoms with Crippen LogP contribution in [0.2, 0.25) is 0 Å². The maximum absolute atomic E-state index is 11.9. The van der Waals surface area contributed by atoms with E-state index in [2.05, 4.69) is 11.9 Å². The van der Waals surface area contributed by atoms with E-state index in [0.29, 0.717) is 11.5 Å². The van der Waals surface area contributed by atoms with Crippen LogP contribution in [0.15, 0.2) is 67.3 Å². The number of hydrogen-bond donors (Lipinski definition) is 1. The molecule has 2 aromatic carbocycles. The lowest BCUT2D eigenvalue weighted by Gasteiger charge is -2.19. The van der Waals surface area contributed by atoms with Gasteiger partial charge in [0.2, 0.25) is 5.91 Å². The zero-order chi connectivity index (χ0) is 16.1. The summed E-state index contributed by atoms with van der Waals surface area (Å²) in [5, 5.41) is 2.83. The summed E-state index contributed by atoms with van der Waals surface area (Å²) in [5.41, 5.74) is 0. The first-order chi connectivity index (χ1) is 11.3. The third-order valence-electron chi connectivity index (χ3n) is 3.52. The molecule has 23 heavy (non-hydrogen) atoms. The Morgan fingerprint density at radius 2 is 1.74 bits per heavy atom. The van der Waals surface area contributed by atoms with Crippen LogP contribution in [-0.2, 0) is 4.79 Å². The lowest BCUT2D eigenvalue weighted by molar-refractivity contribution is -0.124. The van der Waals surface area contributed by atoms with Gasteiger partial charge in [0.05, 0.1) is 0 Å². The van der Waals surface area contributed by atoms with Crippen molar-refractivity contribution >= 4 is 5.91 Å². The number of ether oxygens (including phenoxy) is 2. The van der Waals surface area contributed by atoms with Gasteiger partial charge in [-0.25, -0.2) is 0 Å². The molecule has 0 radical (unpaired) electrons. The summed E-state index contributed by atoms with van der Waals surface area (Å²) < 4.78 is 11.7. The molecule has 0 saturated heterocycles. The van der Waals surface area contributed by atoms with E-state index in [-0.39, 0.29) is 11.8 Å². The average Bonchev–Trinajstić information content (AvgIpc) is 3.42. The van der Waals surface area contributed by atoms with Crippen LogP contribution in [-0.4, -0.2) is 12.1 Å². The molecule has 1 aliphatic rings. The minimum atomic E-state index is -0.580. The normalized spacial score (nSPS) is 14.6. The molecule has 1 unspecified atom stereocenters. The van der Waals surface area contributed by atoms with E-state index < -0.39 is 6.23 Å². The molecule has 0 bridgehead atoms. The third-order valence-corrected chi connectivity index (χ3v) is 3.52. The van der Waals surface area contributed by atoms with Gasteiger partial charge in [0.15, 0.2) is 17.7 Å². The lowest BCUT2D eigenvalue weighted by Crippen LogP contribution is -2.38. The van der Waals surface area contributed by atoms with Gasteiger partial charge in [-0.05, 0) is 43.2 Å². The zero-order valence-corrected chi connectivity index (χ0v) is 12.8. The predicted octanol–water partition coefficient (Wildman–Crippen LogP) is 3.90. The number of hydrogen-bond acceptors (Lipinski definition) is 3. The van der Waals surface area contributed by atoms with Gasteiger partial charge in [0.25, 0.3) is 0 Å². The number of para-hydroxylation sites is 3. The van der Waals surface area contributed by atoms with Crippen molar-refractivity contribution in [1.82, 2.24) is 5.32 Å². The maximum atomic E-state index is 11.9. The highest BCUT2D eigenvalue weighted by Crippen LogP contribution is 2.32. The van der Waals surface area contributed by atoms with Gasteiger partial charge in [-0.3, -0.25) is 4.79 Å². The number of rotatable bonds is 7. The van der Waals surface area contributed by atoms with E-state index in [4.69, 9.17) is 9.47 Å². The lowest BCUT2D eigenvalue weighted by atomic mass is 10.3. The summed E-state index contributed by atoms with van der Waals surface area (Å²) in [6.07, 6.45) is 2.88. The SMILES string of the molecule is C=CC(NC(=O)C1CC1)Oc1ccccc1Oc1ccccc1. The van der Waals surface area contributed by atoms with Crippen LogP contribution in [0.25, 0.3) is 0 Å². The second kappa shape index (κ2) is 7.01. The Balaban J connectivity index is 1.71. The van der Waals surface area contributed by atoms with Crippen LogP contribution in [0, 0.1) is 5.92 Å². The van der Waals surface area contributed by atoms with Gasteiger partial charge >= 0.3 is 0 Å². The molecule has 1 aliphatic carbocycles. The molecule has 118 valence electrons. The molecular weight excluding hydrogens is 290 g/mol. The van der Waals surface area contributed by atoms with Crippen molar-refractivity contribution in [3.05, 3.63) is 67.3 Å². The number of carbonyl (C=O) groups is 1. The fraction of sp³-hybridized carbons (Fsp3) is 0.211. The van der Waals surface area contributed by atoms with Crippen molar-refractivity contribution in [2.75, 3.05) is 0 Å². The third kappa shape index (κ3) is 4.13. The Bertz CT molecular complexity index is 680. The summed E-state index contributed by atoms with van der Waals surface area (Å²) in [6, 6.07) is 16.8. The Kier molecular flexibility index (Phi) is 4.62. The van der Waals surface area contributed by atoms with Crippen LogP contribution in [0.4, 0.5) is 0 Å². The number of carbonyl (C=O) groups excluding carboxylic acids is 1.